The summed E-state index contributed by atoms with van der Waals surface area (Å²) in [5, 5.41) is 0. The van der Waals surface area contributed by atoms with Crippen molar-refractivity contribution in [2.45, 2.75) is 39.9 Å². The Bertz CT molecular complexity index is 215. The van der Waals surface area contributed by atoms with Crippen LogP contribution in [0.15, 0.2) is 0 Å². The molecular weight excluding hydrogens is 180 g/mol. The van der Waals surface area contributed by atoms with Crippen LogP contribution in [0.3, 0.4) is 0 Å². The molecule has 3 nitrogen and oxygen atoms in total. The van der Waals surface area contributed by atoms with Gasteiger partial charge in [0, 0.05) is 0 Å². The van der Waals surface area contributed by atoms with Gasteiger partial charge in [-0.15, -0.1) is 0 Å². The summed E-state index contributed by atoms with van der Waals surface area (Å²) in [4.78, 5) is 11.4. The molecular formula is C11H20O3. The van der Waals surface area contributed by atoms with Crippen LogP contribution in [-0.4, -0.2) is 25.3 Å². The normalized spacial score (nSPS) is 43.4. The SMILES string of the molecule is COC(=O)[C@H]1O[C@@H](C)[C@H](C)[C@@H](C)[C@@H]1C. The fourth-order valence-electron chi connectivity index (χ4n) is 2.05. The Morgan fingerprint density at radius 2 is 1.64 bits per heavy atom. The van der Waals surface area contributed by atoms with Crippen LogP contribution < -0.4 is 0 Å². The molecule has 3 heteroatoms. The molecule has 0 amide bonds. The fraction of sp³-hybridized carbons (Fsp3) is 0.909. The average Bonchev–Trinajstić information content (AvgIpc) is 2.19. The fourth-order valence-corrected chi connectivity index (χ4v) is 2.05. The summed E-state index contributed by atoms with van der Waals surface area (Å²) in [7, 11) is 1.41. The molecule has 0 aromatic heterocycles. The first-order valence-corrected chi connectivity index (χ1v) is 5.22. The molecule has 0 radical (unpaired) electrons. The minimum absolute atomic E-state index is 0.130. The van der Waals surface area contributed by atoms with Crippen LogP contribution in [0, 0.1) is 17.8 Å². The number of hydrogen-bond donors (Lipinski definition) is 0. The van der Waals surface area contributed by atoms with Crippen LogP contribution in [0.25, 0.3) is 0 Å². The number of methoxy groups -OCH3 is 1. The van der Waals surface area contributed by atoms with Crippen molar-refractivity contribution in [3.63, 3.8) is 0 Å². The van der Waals surface area contributed by atoms with Crippen molar-refractivity contribution >= 4 is 5.97 Å². The van der Waals surface area contributed by atoms with Crippen LogP contribution in [-0.2, 0) is 14.3 Å². The molecule has 1 heterocycles. The summed E-state index contributed by atoms with van der Waals surface area (Å²) in [5.74, 6) is 0.963. The van der Waals surface area contributed by atoms with Crippen LogP contribution >= 0.6 is 0 Å². The lowest BCUT2D eigenvalue weighted by Gasteiger charge is -2.41. The van der Waals surface area contributed by atoms with Crippen LogP contribution in [0.1, 0.15) is 27.7 Å². The van der Waals surface area contributed by atoms with Gasteiger partial charge in [-0.25, -0.2) is 4.79 Å². The third-order valence-electron chi connectivity index (χ3n) is 3.67. The standard InChI is InChI=1S/C11H20O3/c1-6-7(2)9(4)14-10(8(6)3)11(12)13-5/h6-10H,1-5H3/t6-,7-,8+,9+,10+/m1/s1. The molecule has 82 valence electrons. The molecule has 0 saturated carbocycles. The molecule has 0 N–H and O–H groups in total. The van der Waals surface area contributed by atoms with Gasteiger partial charge in [0.25, 0.3) is 0 Å². The number of carbonyl (C=O) groups is 1. The predicted octanol–water partition coefficient (Wildman–Crippen LogP) is 1.85. The molecule has 14 heavy (non-hydrogen) atoms. The summed E-state index contributed by atoms with van der Waals surface area (Å²) in [5.41, 5.74) is 0. The first-order chi connectivity index (χ1) is 6.49. The summed E-state index contributed by atoms with van der Waals surface area (Å²) in [6.45, 7) is 8.40. The summed E-state index contributed by atoms with van der Waals surface area (Å²) < 4.78 is 10.4. The molecule has 0 aromatic carbocycles. The van der Waals surface area contributed by atoms with Crippen molar-refractivity contribution in [2.24, 2.45) is 17.8 Å². The zero-order valence-corrected chi connectivity index (χ0v) is 9.61. The maximum absolute atomic E-state index is 11.4. The minimum Gasteiger partial charge on any atom is -0.467 e. The van der Waals surface area contributed by atoms with Crippen molar-refractivity contribution in [1.29, 1.82) is 0 Å². The number of esters is 1. The zero-order valence-electron chi connectivity index (χ0n) is 9.61. The summed E-state index contributed by atoms with van der Waals surface area (Å²) >= 11 is 0. The third kappa shape index (κ3) is 1.92. The Morgan fingerprint density at radius 1 is 1.07 bits per heavy atom. The number of rotatable bonds is 1. The van der Waals surface area contributed by atoms with E-state index in [4.69, 9.17) is 9.47 Å². The third-order valence-corrected chi connectivity index (χ3v) is 3.67. The molecule has 1 aliphatic heterocycles. The Kier molecular flexibility index (Phi) is 3.53. The predicted molar refractivity (Wildman–Crippen MR) is 53.8 cm³/mol. The van der Waals surface area contributed by atoms with E-state index < -0.39 is 0 Å². The van der Waals surface area contributed by atoms with Gasteiger partial charge in [0.15, 0.2) is 6.10 Å². The topological polar surface area (TPSA) is 35.5 Å². The van der Waals surface area contributed by atoms with E-state index >= 15 is 0 Å². The molecule has 1 fully saturated rings. The van der Waals surface area contributed by atoms with E-state index in [0.717, 1.165) is 0 Å². The largest absolute Gasteiger partial charge is 0.467 e. The Labute approximate surface area is 85.8 Å². The Morgan fingerprint density at radius 3 is 2.14 bits per heavy atom. The van der Waals surface area contributed by atoms with E-state index in [9.17, 15) is 4.79 Å². The number of ether oxygens (including phenoxy) is 2. The molecule has 0 bridgehead atoms. The minimum atomic E-state index is -0.388. The second-order valence-electron chi connectivity index (χ2n) is 4.36. The highest BCUT2D eigenvalue weighted by molar-refractivity contribution is 5.75. The van der Waals surface area contributed by atoms with Gasteiger partial charge in [-0.2, -0.15) is 0 Å². The number of carbonyl (C=O) groups excluding carboxylic acids is 1. The second kappa shape index (κ2) is 4.30. The smallest absolute Gasteiger partial charge is 0.335 e. The molecule has 1 aliphatic rings. The Balaban J connectivity index is 2.75. The molecule has 0 aliphatic carbocycles. The van der Waals surface area contributed by atoms with Gasteiger partial charge in [0.2, 0.25) is 0 Å². The molecule has 1 rings (SSSR count). The molecule has 0 unspecified atom stereocenters. The quantitative estimate of drug-likeness (QED) is 0.606. The molecule has 1 saturated heterocycles. The van der Waals surface area contributed by atoms with E-state index in [1.165, 1.54) is 7.11 Å². The zero-order chi connectivity index (χ0) is 10.9. The first kappa shape index (κ1) is 11.5. The van der Waals surface area contributed by atoms with Gasteiger partial charge in [-0.1, -0.05) is 20.8 Å². The highest BCUT2D eigenvalue weighted by atomic mass is 16.6. The Hall–Kier alpha value is -0.570. The van der Waals surface area contributed by atoms with E-state index in [1.54, 1.807) is 0 Å². The van der Waals surface area contributed by atoms with Gasteiger partial charge in [-0.3, -0.25) is 0 Å². The summed E-state index contributed by atoms with van der Waals surface area (Å²) in [6, 6.07) is 0. The van der Waals surface area contributed by atoms with Gasteiger partial charge >= 0.3 is 5.97 Å². The summed E-state index contributed by atoms with van der Waals surface area (Å²) in [6.07, 6.45) is -0.258. The van der Waals surface area contributed by atoms with Crippen molar-refractivity contribution in [3.8, 4) is 0 Å². The lowest BCUT2D eigenvalue weighted by atomic mass is 9.77. The molecule has 5 atom stereocenters. The highest BCUT2D eigenvalue weighted by Gasteiger charge is 2.40. The van der Waals surface area contributed by atoms with Crippen molar-refractivity contribution in [2.75, 3.05) is 7.11 Å². The van der Waals surface area contributed by atoms with E-state index in [2.05, 4.69) is 20.8 Å². The van der Waals surface area contributed by atoms with Gasteiger partial charge in [-0.05, 0) is 24.7 Å². The monoisotopic (exact) mass is 200 g/mol. The maximum Gasteiger partial charge on any atom is 0.335 e. The molecule has 0 aromatic rings. The highest BCUT2D eigenvalue weighted by Crippen LogP contribution is 2.34. The van der Waals surface area contributed by atoms with Crippen molar-refractivity contribution in [3.05, 3.63) is 0 Å². The first-order valence-electron chi connectivity index (χ1n) is 5.22. The van der Waals surface area contributed by atoms with E-state index in [0.29, 0.717) is 11.8 Å². The van der Waals surface area contributed by atoms with Gasteiger partial charge < -0.3 is 9.47 Å². The average molecular weight is 200 g/mol. The van der Waals surface area contributed by atoms with E-state index in [1.807, 2.05) is 6.92 Å². The van der Waals surface area contributed by atoms with Crippen molar-refractivity contribution < 1.29 is 14.3 Å². The maximum atomic E-state index is 11.4. The van der Waals surface area contributed by atoms with Crippen LogP contribution in [0.2, 0.25) is 0 Å². The van der Waals surface area contributed by atoms with Gasteiger partial charge in [0.1, 0.15) is 0 Å². The number of hydrogen-bond acceptors (Lipinski definition) is 3. The molecule has 0 spiro atoms. The van der Waals surface area contributed by atoms with Gasteiger partial charge in [0.05, 0.1) is 13.2 Å². The van der Waals surface area contributed by atoms with Crippen LogP contribution in [0.5, 0.6) is 0 Å². The van der Waals surface area contributed by atoms with Crippen molar-refractivity contribution in [1.82, 2.24) is 0 Å². The van der Waals surface area contributed by atoms with E-state index in [-0.39, 0.29) is 24.1 Å². The second-order valence-corrected chi connectivity index (χ2v) is 4.36. The lowest BCUT2D eigenvalue weighted by molar-refractivity contribution is -0.179. The van der Waals surface area contributed by atoms with Crippen LogP contribution in [0.4, 0.5) is 0 Å². The lowest BCUT2D eigenvalue weighted by Crippen LogP contribution is -2.47.